The van der Waals surface area contributed by atoms with Gasteiger partial charge in [0.15, 0.2) is 0 Å². The molecule has 3 rings (SSSR count). The first-order chi connectivity index (χ1) is 16.5. The Morgan fingerprint density at radius 1 is 1.15 bits per heavy atom. The molecule has 0 fully saturated rings. The molecule has 0 aliphatic carbocycles. The van der Waals surface area contributed by atoms with E-state index in [2.05, 4.69) is 26.2 Å². The third-order valence-electron chi connectivity index (χ3n) is 4.89. The number of guanidine groups is 1. The molecule has 4 N–H and O–H groups in total. The maximum atomic E-state index is 11.9. The van der Waals surface area contributed by atoms with Gasteiger partial charge >= 0.3 is 12.1 Å². The summed E-state index contributed by atoms with van der Waals surface area (Å²) in [6.07, 6.45) is -0.0355. The van der Waals surface area contributed by atoms with Gasteiger partial charge in [0.05, 0.1) is 13.2 Å². The fourth-order valence-electron chi connectivity index (χ4n) is 3.12. The molecule has 0 spiro atoms. The van der Waals surface area contributed by atoms with Crippen molar-refractivity contribution in [3.8, 4) is 5.75 Å². The first-order valence-electron chi connectivity index (χ1n) is 11.0. The van der Waals surface area contributed by atoms with Crippen LogP contribution >= 0.6 is 0 Å². The molecule has 10 heteroatoms. The van der Waals surface area contributed by atoms with E-state index in [9.17, 15) is 14.7 Å². The number of carbonyl (C=O) groups excluding carboxylic acids is 1. The highest BCUT2D eigenvalue weighted by Gasteiger charge is 2.20. The summed E-state index contributed by atoms with van der Waals surface area (Å²) in [5.41, 5.74) is 5.68. The zero-order valence-corrected chi connectivity index (χ0v) is 19.0. The van der Waals surface area contributed by atoms with Crippen LogP contribution in [0, 0.1) is 0 Å². The first kappa shape index (κ1) is 24.6. The quantitative estimate of drug-likeness (QED) is 0.294. The van der Waals surface area contributed by atoms with Gasteiger partial charge in [0, 0.05) is 25.1 Å². The van der Waals surface area contributed by atoms with Crippen molar-refractivity contribution >= 4 is 23.7 Å². The number of hydrazone groups is 1. The van der Waals surface area contributed by atoms with E-state index < -0.39 is 18.1 Å². The van der Waals surface area contributed by atoms with E-state index >= 15 is 0 Å². The molecule has 0 unspecified atom stereocenters. The molecule has 1 aliphatic heterocycles. The highest BCUT2D eigenvalue weighted by Crippen LogP contribution is 2.14. The van der Waals surface area contributed by atoms with Gasteiger partial charge < -0.3 is 25.2 Å². The van der Waals surface area contributed by atoms with Crippen molar-refractivity contribution in [3.05, 3.63) is 65.7 Å². The normalized spacial score (nSPS) is 13.9. The van der Waals surface area contributed by atoms with Gasteiger partial charge in [-0.1, -0.05) is 42.5 Å². The predicted molar refractivity (Wildman–Crippen MR) is 128 cm³/mol. The standard InChI is InChI=1S/C24H29N5O5/c1-17(28-29-23-25-12-13-26-23)15-18-7-9-20(10-8-18)33-14-11-21(22(30)31)27-24(32)34-16-19-5-3-2-4-6-19/h2-10,21H,11-16H2,1H3,(H,27,32)(H,30,31)(H2,25,26,29)/t21-/m0/s1. The molecule has 1 amide bonds. The summed E-state index contributed by atoms with van der Waals surface area (Å²) in [4.78, 5) is 27.7. The van der Waals surface area contributed by atoms with Gasteiger partial charge in [-0.25, -0.2) is 20.0 Å². The van der Waals surface area contributed by atoms with Gasteiger partial charge in [0.2, 0.25) is 5.96 Å². The Kier molecular flexibility index (Phi) is 9.27. The maximum Gasteiger partial charge on any atom is 0.408 e. The number of hydrogen-bond donors (Lipinski definition) is 4. The lowest BCUT2D eigenvalue weighted by Crippen LogP contribution is -2.42. The van der Waals surface area contributed by atoms with Crippen LogP contribution in [0.3, 0.4) is 0 Å². The topological polar surface area (TPSA) is 134 Å². The summed E-state index contributed by atoms with van der Waals surface area (Å²) in [6.45, 7) is 3.68. The second kappa shape index (κ2) is 12.8. The molecule has 0 saturated heterocycles. The summed E-state index contributed by atoms with van der Waals surface area (Å²) in [6, 6.07) is 15.5. The van der Waals surface area contributed by atoms with Crippen LogP contribution in [0.5, 0.6) is 5.75 Å². The third-order valence-corrected chi connectivity index (χ3v) is 4.89. The Bertz CT molecular complexity index is 1010. The second-order valence-corrected chi connectivity index (χ2v) is 7.67. The number of carbonyl (C=O) groups is 2. The lowest BCUT2D eigenvalue weighted by atomic mass is 10.1. The molecular weight excluding hydrogens is 438 g/mol. The smallest absolute Gasteiger partial charge is 0.408 e. The largest absolute Gasteiger partial charge is 0.494 e. The number of carboxylic acid groups (broad SMARTS) is 1. The summed E-state index contributed by atoms with van der Waals surface area (Å²) >= 11 is 0. The summed E-state index contributed by atoms with van der Waals surface area (Å²) < 4.78 is 10.7. The number of amides is 1. The predicted octanol–water partition coefficient (Wildman–Crippen LogP) is 2.30. The number of aliphatic carboxylic acids is 1. The van der Waals surface area contributed by atoms with Crippen LogP contribution in [-0.2, 0) is 22.6 Å². The molecular formula is C24H29N5O5. The molecule has 2 aromatic carbocycles. The van der Waals surface area contributed by atoms with Gasteiger partial charge in [0.1, 0.15) is 18.4 Å². The highest BCUT2D eigenvalue weighted by molar-refractivity contribution is 5.87. The van der Waals surface area contributed by atoms with Gasteiger partial charge in [-0.3, -0.25) is 0 Å². The van der Waals surface area contributed by atoms with Crippen molar-refractivity contribution in [1.29, 1.82) is 0 Å². The minimum atomic E-state index is -1.15. The number of nitrogens with one attached hydrogen (secondary N) is 3. The van der Waals surface area contributed by atoms with Crippen molar-refractivity contribution < 1.29 is 24.2 Å². The van der Waals surface area contributed by atoms with Crippen molar-refractivity contribution in [2.24, 2.45) is 10.1 Å². The Hall–Kier alpha value is -4.08. The Morgan fingerprint density at radius 2 is 1.91 bits per heavy atom. The van der Waals surface area contributed by atoms with Gasteiger partial charge in [0.25, 0.3) is 0 Å². The molecule has 0 bridgehead atoms. The van der Waals surface area contributed by atoms with Crippen molar-refractivity contribution in [1.82, 2.24) is 16.1 Å². The number of nitrogens with zero attached hydrogens (tertiary/aromatic N) is 2. The molecule has 0 saturated carbocycles. The molecule has 1 atom stereocenters. The zero-order chi connectivity index (χ0) is 24.2. The number of carboxylic acids is 1. The summed E-state index contributed by atoms with van der Waals surface area (Å²) in [7, 11) is 0. The number of benzene rings is 2. The van der Waals surface area contributed by atoms with Gasteiger partial charge in [-0.15, -0.1) is 0 Å². The van der Waals surface area contributed by atoms with E-state index in [0.29, 0.717) is 18.1 Å². The molecule has 1 aliphatic rings. The SMILES string of the molecule is CC(Cc1ccc(OCC[C@H](NC(=O)OCc2ccccc2)C(=O)O)cc1)=NNC1=NCCN1. The number of aliphatic imine (C=N–C) groups is 1. The van der Waals surface area contributed by atoms with Crippen LogP contribution < -0.4 is 20.8 Å². The molecule has 34 heavy (non-hydrogen) atoms. The maximum absolute atomic E-state index is 11.9. The monoisotopic (exact) mass is 467 g/mol. The fourth-order valence-corrected chi connectivity index (χ4v) is 3.12. The van der Waals surface area contributed by atoms with Crippen LogP contribution in [0.2, 0.25) is 0 Å². The fraction of sp³-hybridized carbons (Fsp3) is 0.333. The number of ether oxygens (including phenoxy) is 2. The second-order valence-electron chi connectivity index (χ2n) is 7.67. The Labute approximate surface area is 198 Å². The van der Waals surface area contributed by atoms with Gasteiger partial charge in [-0.2, -0.15) is 5.10 Å². The molecule has 10 nitrogen and oxygen atoms in total. The average molecular weight is 468 g/mol. The van der Waals surface area contributed by atoms with E-state index in [4.69, 9.17) is 9.47 Å². The highest BCUT2D eigenvalue weighted by atomic mass is 16.5. The van der Waals surface area contributed by atoms with E-state index in [1.165, 1.54) is 0 Å². The van der Waals surface area contributed by atoms with Gasteiger partial charge in [-0.05, 0) is 30.2 Å². The Morgan fingerprint density at radius 3 is 2.59 bits per heavy atom. The number of rotatable bonds is 11. The lowest BCUT2D eigenvalue weighted by molar-refractivity contribution is -0.139. The molecule has 0 radical (unpaired) electrons. The molecule has 0 aromatic heterocycles. The average Bonchev–Trinajstić information content (AvgIpc) is 3.36. The minimum absolute atomic E-state index is 0.0632. The van der Waals surface area contributed by atoms with Crippen LogP contribution in [-0.4, -0.2) is 54.6 Å². The van der Waals surface area contributed by atoms with Crippen LogP contribution in [0.1, 0.15) is 24.5 Å². The third kappa shape index (κ3) is 8.45. The summed E-state index contributed by atoms with van der Waals surface area (Å²) in [5, 5.41) is 19.1. The Balaban J connectivity index is 1.39. The minimum Gasteiger partial charge on any atom is -0.494 e. The van der Waals surface area contributed by atoms with Crippen molar-refractivity contribution in [2.75, 3.05) is 19.7 Å². The number of alkyl carbamates (subject to hydrolysis) is 1. The van der Waals surface area contributed by atoms with Crippen LogP contribution in [0.25, 0.3) is 0 Å². The summed E-state index contributed by atoms with van der Waals surface area (Å²) in [5.74, 6) is 0.135. The molecule has 2 aromatic rings. The van der Waals surface area contributed by atoms with E-state index in [-0.39, 0.29) is 19.6 Å². The first-order valence-corrected chi connectivity index (χ1v) is 11.0. The van der Waals surface area contributed by atoms with Crippen molar-refractivity contribution in [2.45, 2.75) is 32.4 Å². The van der Waals surface area contributed by atoms with E-state index in [1.807, 2.05) is 61.5 Å². The van der Waals surface area contributed by atoms with Crippen LogP contribution in [0.4, 0.5) is 4.79 Å². The van der Waals surface area contributed by atoms with E-state index in [0.717, 1.165) is 29.9 Å². The van der Waals surface area contributed by atoms with Crippen LogP contribution in [0.15, 0.2) is 64.7 Å². The lowest BCUT2D eigenvalue weighted by Gasteiger charge is -2.15. The molecule has 180 valence electrons. The van der Waals surface area contributed by atoms with E-state index in [1.54, 1.807) is 0 Å². The zero-order valence-electron chi connectivity index (χ0n) is 19.0. The van der Waals surface area contributed by atoms with Crippen molar-refractivity contribution in [3.63, 3.8) is 0 Å². The number of hydrogen-bond acceptors (Lipinski definition) is 8. The molecule has 1 heterocycles.